The fourth-order valence-electron chi connectivity index (χ4n) is 1.58. The lowest BCUT2D eigenvalue weighted by Gasteiger charge is -2.06. The zero-order chi connectivity index (χ0) is 12.5. The number of carbonyl (C=O) groups excluding carboxylic acids is 1. The Bertz CT molecular complexity index is 543. The molecule has 1 saturated heterocycles. The third kappa shape index (κ3) is 2.06. The van der Waals surface area contributed by atoms with Crippen LogP contribution in [0.1, 0.15) is 5.56 Å². The topological polar surface area (TPSA) is 51.1 Å². The molecule has 0 radical (unpaired) electrons. The van der Waals surface area contributed by atoms with E-state index >= 15 is 0 Å². The van der Waals surface area contributed by atoms with Gasteiger partial charge in [0.15, 0.2) is 15.8 Å². The number of nitrogens with zero attached hydrogens (tertiary/aromatic N) is 2. The van der Waals surface area contributed by atoms with Crippen LogP contribution in [0.4, 0.5) is 0 Å². The molecule has 1 amide bonds. The smallest absolute Gasteiger partial charge is 0.259 e. The molecular weight excluding hydrogens is 272 g/mol. The van der Waals surface area contributed by atoms with Crippen molar-refractivity contribution in [1.29, 1.82) is 0 Å². The van der Waals surface area contributed by atoms with Crippen LogP contribution in [0.2, 0.25) is 0 Å². The summed E-state index contributed by atoms with van der Waals surface area (Å²) < 4.78 is 11.0. The summed E-state index contributed by atoms with van der Waals surface area (Å²) in [6.07, 6.45) is 1.58. The Morgan fingerprint density at radius 2 is 2.22 bits per heavy atom. The van der Waals surface area contributed by atoms with Crippen molar-refractivity contribution in [3.63, 3.8) is 0 Å². The van der Waals surface area contributed by atoms with Gasteiger partial charge in [0.05, 0.1) is 12.0 Å². The van der Waals surface area contributed by atoms with Crippen LogP contribution in [-0.4, -0.2) is 34.0 Å². The van der Waals surface area contributed by atoms with E-state index in [1.54, 1.807) is 6.21 Å². The molecule has 0 unspecified atom stereocenters. The highest BCUT2D eigenvalue weighted by molar-refractivity contribution is 8.23. The minimum atomic E-state index is -0.0954. The summed E-state index contributed by atoms with van der Waals surface area (Å²) in [5, 5.41) is 5.32. The Labute approximate surface area is 113 Å². The fraction of sp³-hybridized carbons (Fsp3) is 0.182. The second kappa shape index (κ2) is 4.58. The number of fused-ring (bicyclic) bond motifs is 1. The highest BCUT2D eigenvalue weighted by Crippen LogP contribution is 2.32. The number of thiocarbonyl (C=S) groups is 1. The van der Waals surface area contributed by atoms with Crippen LogP contribution in [-0.2, 0) is 4.79 Å². The number of ether oxygens (including phenoxy) is 2. The number of thioether (sulfide) groups is 1. The summed E-state index contributed by atoms with van der Waals surface area (Å²) in [4.78, 5) is 11.5. The fourth-order valence-corrected chi connectivity index (χ4v) is 2.54. The molecule has 5 nitrogen and oxygen atoms in total. The minimum Gasteiger partial charge on any atom is -0.454 e. The van der Waals surface area contributed by atoms with Crippen LogP contribution in [0.3, 0.4) is 0 Å². The van der Waals surface area contributed by atoms with Crippen molar-refractivity contribution >= 4 is 40.4 Å². The number of rotatable bonds is 2. The second-order valence-electron chi connectivity index (χ2n) is 3.62. The molecule has 0 saturated carbocycles. The molecule has 1 aromatic rings. The highest BCUT2D eigenvalue weighted by Gasteiger charge is 2.26. The van der Waals surface area contributed by atoms with E-state index in [4.69, 9.17) is 21.7 Å². The quantitative estimate of drug-likeness (QED) is 0.608. The van der Waals surface area contributed by atoms with Crippen molar-refractivity contribution in [2.24, 2.45) is 5.10 Å². The van der Waals surface area contributed by atoms with Crippen LogP contribution in [0.5, 0.6) is 11.5 Å². The van der Waals surface area contributed by atoms with Gasteiger partial charge in [0.25, 0.3) is 5.91 Å². The predicted molar refractivity (Wildman–Crippen MR) is 72.1 cm³/mol. The number of hydrogen-bond donors (Lipinski definition) is 0. The van der Waals surface area contributed by atoms with Crippen LogP contribution in [0.25, 0.3) is 0 Å². The zero-order valence-electron chi connectivity index (χ0n) is 9.16. The molecule has 1 fully saturated rings. The van der Waals surface area contributed by atoms with E-state index < -0.39 is 0 Å². The molecule has 0 atom stereocenters. The third-order valence-electron chi connectivity index (χ3n) is 2.45. The van der Waals surface area contributed by atoms with E-state index in [1.807, 2.05) is 18.2 Å². The van der Waals surface area contributed by atoms with Gasteiger partial charge in [-0.1, -0.05) is 24.0 Å². The van der Waals surface area contributed by atoms with E-state index in [1.165, 1.54) is 16.8 Å². The predicted octanol–water partition coefficient (Wildman–Crippen LogP) is 1.61. The molecule has 3 rings (SSSR count). The molecule has 2 heterocycles. The van der Waals surface area contributed by atoms with E-state index in [2.05, 4.69) is 5.10 Å². The van der Waals surface area contributed by atoms with Crippen molar-refractivity contribution in [1.82, 2.24) is 5.01 Å². The third-order valence-corrected chi connectivity index (χ3v) is 3.78. The van der Waals surface area contributed by atoms with Gasteiger partial charge >= 0.3 is 0 Å². The van der Waals surface area contributed by atoms with Gasteiger partial charge in [0, 0.05) is 0 Å². The van der Waals surface area contributed by atoms with E-state index in [9.17, 15) is 4.79 Å². The molecule has 1 aromatic carbocycles. The Balaban J connectivity index is 1.80. The molecule has 92 valence electrons. The molecule has 2 aliphatic rings. The zero-order valence-corrected chi connectivity index (χ0v) is 10.8. The lowest BCUT2D eigenvalue weighted by molar-refractivity contribution is -0.123. The standard InChI is InChI=1S/C11H8N2O3S2/c14-10-5-18-11(17)13(10)12-4-7-1-2-8-9(3-7)16-6-15-8/h1-4H,5-6H2/b12-4+. The van der Waals surface area contributed by atoms with Crippen molar-refractivity contribution in [2.45, 2.75) is 0 Å². The Kier molecular flexibility index (Phi) is 2.92. The number of amides is 1. The average Bonchev–Trinajstić information content (AvgIpc) is 2.94. The van der Waals surface area contributed by atoms with Gasteiger partial charge in [-0.25, -0.2) is 0 Å². The maximum absolute atomic E-state index is 11.5. The van der Waals surface area contributed by atoms with Crippen molar-refractivity contribution < 1.29 is 14.3 Å². The summed E-state index contributed by atoms with van der Waals surface area (Å²) in [6.45, 7) is 0.237. The largest absolute Gasteiger partial charge is 0.454 e. The molecular formula is C11H8N2O3S2. The van der Waals surface area contributed by atoms with E-state index in [-0.39, 0.29) is 12.7 Å². The van der Waals surface area contributed by atoms with Crippen LogP contribution in [0.15, 0.2) is 23.3 Å². The first-order chi connectivity index (χ1) is 8.74. The first-order valence-corrected chi connectivity index (χ1v) is 6.57. The summed E-state index contributed by atoms with van der Waals surface area (Å²) >= 11 is 6.34. The van der Waals surface area contributed by atoms with Gasteiger partial charge in [-0.15, -0.1) is 0 Å². The van der Waals surface area contributed by atoms with Gasteiger partial charge in [0.2, 0.25) is 6.79 Å². The van der Waals surface area contributed by atoms with Gasteiger partial charge in [-0.2, -0.15) is 10.1 Å². The molecule has 2 aliphatic heterocycles. The molecule has 0 bridgehead atoms. The minimum absolute atomic E-state index is 0.0954. The van der Waals surface area contributed by atoms with Gasteiger partial charge in [-0.05, 0) is 23.8 Å². The van der Waals surface area contributed by atoms with Crippen LogP contribution >= 0.6 is 24.0 Å². The molecule has 0 aromatic heterocycles. The normalized spacial score (nSPS) is 18.1. The highest BCUT2D eigenvalue weighted by atomic mass is 32.2. The average molecular weight is 280 g/mol. The summed E-state index contributed by atoms with van der Waals surface area (Å²) in [5.41, 5.74) is 0.826. The molecule has 0 aliphatic carbocycles. The van der Waals surface area contributed by atoms with E-state index in [0.29, 0.717) is 15.8 Å². The van der Waals surface area contributed by atoms with Gasteiger partial charge in [0.1, 0.15) is 0 Å². The van der Waals surface area contributed by atoms with Crippen molar-refractivity contribution in [3.05, 3.63) is 23.8 Å². The molecule has 0 spiro atoms. The first kappa shape index (κ1) is 11.5. The lowest BCUT2D eigenvalue weighted by Crippen LogP contribution is -2.22. The SMILES string of the molecule is O=C1CSC(=S)N1/N=C/c1ccc2c(c1)OCO2. The first-order valence-electron chi connectivity index (χ1n) is 5.17. The summed E-state index contributed by atoms with van der Waals surface area (Å²) in [5.74, 6) is 1.67. The number of carbonyl (C=O) groups is 1. The maximum atomic E-state index is 11.5. The number of hydrazone groups is 1. The lowest BCUT2D eigenvalue weighted by atomic mass is 10.2. The van der Waals surface area contributed by atoms with Gasteiger partial charge in [-0.3, -0.25) is 4.79 Å². The molecule has 0 N–H and O–H groups in total. The second-order valence-corrected chi connectivity index (χ2v) is 5.23. The van der Waals surface area contributed by atoms with Crippen LogP contribution < -0.4 is 9.47 Å². The Morgan fingerprint density at radius 3 is 3.00 bits per heavy atom. The molecule has 18 heavy (non-hydrogen) atoms. The van der Waals surface area contributed by atoms with Crippen molar-refractivity contribution in [3.8, 4) is 11.5 Å². The monoisotopic (exact) mass is 280 g/mol. The Hall–Kier alpha value is -1.60. The maximum Gasteiger partial charge on any atom is 0.259 e. The summed E-state index contributed by atoms with van der Waals surface area (Å²) in [6, 6.07) is 5.46. The number of benzene rings is 1. The Morgan fingerprint density at radius 1 is 1.39 bits per heavy atom. The molecule has 7 heteroatoms. The summed E-state index contributed by atoms with van der Waals surface area (Å²) in [7, 11) is 0. The van der Waals surface area contributed by atoms with E-state index in [0.717, 1.165) is 11.3 Å². The van der Waals surface area contributed by atoms with Crippen molar-refractivity contribution in [2.75, 3.05) is 12.5 Å². The van der Waals surface area contributed by atoms with Crippen LogP contribution in [0, 0.1) is 0 Å². The van der Waals surface area contributed by atoms with Gasteiger partial charge < -0.3 is 9.47 Å². The number of hydrogen-bond acceptors (Lipinski definition) is 6.